The normalized spacial score (nSPS) is 12.7. The molecule has 0 amide bonds. The third-order valence-electron chi connectivity index (χ3n) is 3.22. The molecule has 0 bridgehead atoms. The highest BCUT2D eigenvalue weighted by atomic mass is 35.5. The molecule has 0 aliphatic rings. The molecule has 1 aromatic carbocycles. The van der Waals surface area contributed by atoms with Crippen molar-refractivity contribution in [3.8, 4) is 0 Å². The van der Waals surface area contributed by atoms with E-state index in [1.54, 1.807) is 12.1 Å². The van der Waals surface area contributed by atoms with Gasteiger partial charge in [-0.1, -0.05) is 44.0 Å². The van der Waals surface area contributed by atoms with Crippen molar-refractivity contribution >= 4 is 17.4 Å². The average Bonchev–Trinajstić information content (AvgIpc) is 2.36. The van der Waals surface area contributed by atoms with Gasteiger partial charge in [0.25, 0.3) is 0 Å². The molecule has 0 aromatic heterocycles. The van der Waals surface area contributed by atoms with Crippen molar-refractivity contribution in [3.63, 3.8) is 0 Å². The largest absolute Gasteiger partial charge is 0.306 e. The summed E-state index contributed by atoms with van der Waals surface area (Å²) in [6, 6.07) is 7.24. The molecule has 0 fully saturated rings. The Morgan fingerprint density at radius 3 is 2.67 bits per heavy atom. The summed E-state index contributed by atoms with van der Waals surface area (Å²) in [6.07, 6.45) is 1.69. The minimum Gasteiger partial charge on any atom is -0.306 e. The van der Waals surface area contributed by atoms with Gasteiger partial charge in [-0.15, -0.1) is 0 Å². The van der Waals surface area contributed by atoms with Crippen molar-refractivity contribution < 1.29 is 4.79 Å². The van der Waals surface area contributed by atoms with Gasteiger partial charge in [0.1, 0.15) is 0 Å². The topological polar surface area (TPSA) is 20.3 Å². The summed E-state index contributed by atoms with van der Waals surface area (Å²) in [5, 5.41) is 0.548. The Bertz CT molecular complexity index is 392. The second-order valence-corrected chi connectivity index (χ2v) is 5.34. The Morgan fingerprint density at radius 1 is 1.39 bits per heavy atom. The summed E-state index contributed by atoms with van der Waals surface area (Å²) < 4.78 is 0. The van der Waals surface area contributed by atoms with Crippen LogP contribution in [0.3, 0.4) is 0 Å². The van der Waals surface area contributed by atoms with Crippen LogP contribution in [0.25, 0.3) is 0 Å². The van der Waals surface area contributed by atoms with Gasteiger partial charge >= 0.3 is 0 Å². The number of ketones is 1. The van der Waals surface area contributed by atoms with Crippen molar-refractivity contribution in [1.29, 1.82) is 0 Å². The highest BCUT2D eigenvalue weighted by Gasteiger charge is 2.11. The van der Waals surface area contributed by atoms with Crippen LogP contribution in [0, 0.1) is 5.92 Å². The van der Waals surface area contributed by atoms with Crippen molar-refractivity contribution in [2.24, 2.45) is 5.92 Å². The zero-order valence-corrected chi connectivity index (χ0v) is 12.2. The van der Waals surface area contributed by atoms with Crippen LogP contribution < -0.4 is 0 Å². The summed E-state index contributed by atoms with van der Waals surface area (Å²) in [4.78, 5) is 14.2. The number of benzene rings is 1. The first-order chi connectivity index (χ1) is 8.54. The highest BCUT2D eigenvalue weighted by Crippen LogP contribution is 2.16. The van der Waals surface area contributed by atoms with E-state index in [0.717, 1.165) is 13.1 Å². The number of hydrogen-bond donors (Lipinski definition) is 0. The molecular formula is C15H22ClNO. The van der Waals surface area contributed by atoms with E-state index < -0.39 is 0 Å². The first kappa shape index (κ1) is 15.2. The minimum absolute atomic E-state index is 0.122. The number of rotatable bonds is 7. The lowest BCUT2D eigenvalue weighted by atomic mass is 10.1. The van der Waals surface area contributed by atoms with Gasteiger partial charge in [-0.25, -0.2) is 0 Å². The fourth-order valence-corrected chi connectivity index (χ4v) is 2.11. The first-order valence-electron chi connectivity index (χ1n) is 6.50. The van der Waals surface area contributed by atoms with Crippen LogP contribution in [0.5, 0.6) is 0 Å². The second-order valence-electron chi connectivity index (χ2n) is 4.93. The molecule has 1 rings (SSSR count). The summed E-state index contributed by atoms with van der Waals surface area (Å²) in [5.41, 5.74) is 0.635. The van der Waals surface area contributed by atoms with Crippen molar-refractivity contribution in [1.82, 2.24) is 4.90 Å². The average molecular weight is 268 g/mol. The molecule has 0 N–H and O–H groups in total. The van der Waals surface area contributed by atoms with Crippen LogP contribution in [0.15, 0.2) is 24.3 Å². The van der Waals surface area contributed by atoms with E-state index in [0.29, 0.717) is 22.9 Å². The van der Waals surface area contributed by atoms with Gasteiger partial charge in [0.15, 0.2) is 5.78 Å². The number of Topliss-reactive ketones (excluding diaryl/α,β-unsaturated/α-hetero) is 1. The highest BCUT2D eigenvalue weighted by molar-refractivity contribution is 6.33. The molecule has 0 saturated carbocycles. The van der Waals surface area contributed by atoms with Crippen molar-refractivity contribution in [2.75, 3.05) is 20.1 Å². The monoisotopic (exact) mass is 267 g/mol. The lowest BCUT2D eigenvalue weighted by Gasteiger charge is -2.20. The summed E-state index contributed by atoms with van der Waals surface area (Å²) >= 11 is 6.01. The fourth-order valence-electron chi connectivity index (χ4n) is 1.87. The first-order valence-corrected chi connectivity index (χ1v) is 6.88. The summed E-state index contributed by atoms with van der Waals surface area (Å²) in [6.45, 7) is 6.24. The molecule has 2 nitrogen and oxygen atoms in total. The number of halogens is 1. The SMILES string of the molecule is CCC(C)CN(C)CCC(=O)c1ccccc1Cl. The third-order valence-corrected chi connectivity index (χ3v) is 3.54. The zero-order chi connectivity index (χ0) is 13.5. The summed E-state index contributed by atoms with van der Waals surface area (Å²) in [5.74, 6) is 0.794. The maximum absolute atomic E-state index is 12.0. The Hall–Kier alpha value is -0.860. The van der Waals surface area contributed by atoms with Gasteiger partial charge < -0.3 is 4.90 Å². The van der Waals surface area contributed by atoms with E-state index in [2.05, 4.69) is 25.8 Å². The standard InChI is InChI=1S/C15H22ClNO/c1-4-12(2)11-17(3)10-9-15(18)13-7-5-6-8-14(13)16/h5-8,12H,4,9-11H2,1-3H3. The van der Waals surface area contributed by atoms with Crippen LogP contribution in [0.1, 0.15) is 37.0 Å². The Morgan fingerprint density at radius 2 is 2.06 bits per heavy atom. The van der Waals surface area contributed by atoms with E-state index in [4.69, 9.17) is 11.6 Å². The molecule has 0 radical (unpaired) electrons. The molecule has 1 unspecified atom stereocenters. The van der Waals surface area contributed by atoms with Gasteiger partial charge in [-0.2, -0.15) is 0 Å². The maximum Gasteiger partial charge on any atom is 0.165 e. The van der Waals surface area contributed by atoms with Gasteiger partial charge in [-0.3, -0.25) is 4.79 Å². The molecule has 100 valence electrons. The molecule has 3 heteroatoms. The maximum atomic E-state index is 12.0. The van der Waals surface area contributed by atoms with E-state index in [-0.39, 0.29) is 5.78 Å². The molecular weight excluding hydrogens is 246 g/mol. The summed E-state index contributed by atoms with van der Waals surface area (Å²) in [7, 11) is 2.06. The van der Waals surface area contributed by atoms with Gasteiger partial charge in [0.05, 0.1) is 5.02 Å². The molecule has 0 saturated heterocycles. The Labute approximate surface area is 115 Å². The van der Waals surface area contributed by atoms with Crippen LogP contribution in [-0.2, 0) is 0 Å². The van der Waals surface area contributed by atoms with Crippen molar-refractivity contribution in [2.45, 2.75) is 26.7 Å². The van der Waals surface area contributed by atoms with E-state index in [1.807, 2.05) is 12.1 Å². The van der Waals surface area contributed by atoms with Gasteiger partial charge in [0.2, 0.25) is 0 Å². The molecule has 0 spiro atoms. The lowest BCUT2D eigenvalue weighted by molar-refractivity contribution is 0.0966. The fraction of sp³-hybridized carbons (Fsp3) is 0.533. The van der Waals surface area contributed by atoms with Crippen LogP contribution in [0.4, 0.5) is 0 Å². The van der Waals surface area contributed by atoms with E-state index in [9.17, 15) is 4.79 Å². The van der Waals surface area contributed by atoms with Crippen molar-refractivity contribution in [3.05, 3.63) is 34.9 Å². The predicted octanol–water partition coefficient (Wildman–Crippen LogP) is 3.89. The smallest absolute Gasteiger partial charge is 0.165 e. The predicted molar refractivity (Wildman–Crippen MR) is 77.4 cm³/mol. The molecule has 0 aliphatic carbocycles. The van der Waals surface area contributed by atoms with Gasteiger partial charge in [0, 0.05) is 25.1 Å². The Kier molecular flexibility index (Phi) is 6.37. The van der Waals surface area contributed by atoms with Crippen LogP contribution in [0.2, 0.25) is 5.02 Å². The van der Waals surface area contributed by atoms with E-state index >= 15 is 0 Å². The van der Waals surface area contributed by atoms with Gasteiger partial charge in [-0.05, 0) is 25.1 Å². The lowest BCUT2D eigenvalue weighted by Crippen LogP contribution is -2.26. The molecule has 1 atom stereocenters. The quantitative estimate of drug-likeness (QED) is 0.699. The molecule has 0 heterocycles. The number of hydrogen-bond acceptors (Lipinski definition) is 2. The minimum atomic E-state index is 0.122. The number of nitrogens with zero attached hydrogens (tertiary/aromatic N) is 1. The molecule has 1 aromatic rings. The number of carbonyl (C=O) groups excluding carboxylic acids is 1. The molecule has 18 heavy (non-hydrogen) atoms. The molecule has 0 aliphatic heterocycles. The Balaban J connectivity index is 2.44. The third kappa shape index (κ3) is 4.79. The van der Waals surface area contributed by atoms with Crippen LogP contribution >= 0.6 is 11.6 Å². The second kappa shape index (κ2) is 7.55. The number of carbonyl (C=O) groups is 1. The van der Waals surface area contributed by atoms with Crippen LogP contribution in [-0.4, -0.2) is 30.8 Å². The zero-order valence-electron chi connectivity index (χ0n) is 11.4. The van der Waals surface area contributed by atoms with E-state index in [1.165, 1.54) is 6.42 Å².